The molecule has 0 aliphatic heterocycles. The second-order valence-corrected chi connectivity index (χ2v) is 21.0. The Bertz CT molecular complexity index is 3370. The summed E-state index contributed by atoms with van der Waals surface area (Å²) >= 11 is 0. The van der Waals surface area contributed by atoms with E-state index < -0.39 is 8.07 Å². The molecule has 11 aromatic rings. The molecule has 0 N–H and O–H groups in total. The molecule has 318 valence electrons. The minimum atomic E-state index is -2.89. The first-order valence-corrected chi connectivity index (χ1v) is 23.7. The molecule has 0 spiro atoms. The molecule has 0 saturated carbocycles. The van der Waals surface area contributed by atoms with Gasteiger partial charge in [-0.1, -0.05) is 178 Å². The van der Waals surface area contributed by atoms with Crippen LogP contribution >= 0.6 is 0 Å². The third-order valence-corrected chi connectivity index (χ3v) is 17.2. The maximum Gasteiger partial charge on any atom is 0.268 e. The standard InChI is InChI=1S/C58H44N4OSi.Pt/c1-58(2,3)42-36-37-59-57(38-42)62-51-29-14-13-28-49(51)50-35-34-45(40-55(50)62)63-44-21-19-20-43(39-44)60-41-61(53-31-16-15-30-52(53)60)54-32-17-18-33-56(54)64(46-22-7-4-8-23-46,47-24-9-5-10-25-47)48-26-11-6-12-27-48;/h4-38H,1-3H3;/q-2;. The summed E-state index contributed by atoms with van der Waals surface area (Å²) in [5, 5.41) is 7.43. The van der Waals surface area contributed by atoms with Crippen molar-refractivity contribution in [1.29, 1.82) is 0 Å². The van der Waals surface area contributed by atoms with Gasteiger partial charge in [0.1, 0.15) is 5.82 Å². The van der Waals surface area contributed by atoms with Crippen LogP contribution in [0.1, 0.15) is 26.3 Å². The summed E-state index contributed by atoms with van der Waals surface area (Å²) in [5.41, 5.74) is 7.07. The first-order chi connectivity index (χ1) is 31.4. The van der Waals surface area contributed by atoms with Gasteiger partial charge in [-0.05, 0) is 67.1 Å². The van der Waals surface area contributed by atoms with Crippen LogP contribution in [0.2, 0.25) is 0 Å². The van der Waals surface area contributed by atoms with Crippen LogP contribution in [0.15, 0.2) is 212 Å². The van der Waals surface area contributed by atoms with Gasteiger partial charge in [0, 0.05) is 44.3 Å². The van der Waals surface area contributed by atoms with Crippen LogP contribution in [-0.4, -0.2) is 22.2 Å². The predicted octanol–water partition coefficient (Wildman–Crippen LogP) is 10.3. The number of fused-ring (bicyclic) bond motifs is 4. The quantitative estimate of drug-likeness (QED) is 0.0625. The first-order valence-electron chi connectivity index (χ1n) is 21.7. The monoisotopic (exact) mass is 1040 g/mol. The van der Waals surface area contributed by atoms with Crippen LogP contribution in [0, 0.1) is 18.5 Å². The smallest absolute Gasteiger partial charge is 0.268 e. The maximum atomic E-state index is 6.65. The predicted molar refractivity (Wildman–Crippen MR) is 262 cm³/mol. The van der Waals surface area contributed by atoms with Crippen LogP contribution < -0.4 is 30.1 Å². The van der Waals surface area contributed by atoms with Gasteiger partial charge < -0.3 is 13.9 Å². The average Bonchev–Trinajstić information content (AvgIpc) is 3.89. The molecule has 3 heterocycles. The Morgan fingerprint density at radius 2 is 1.15 bits per heavy atom. The molecule has 0 atom stereocenters. The zero-order chi connectivity index (χ0) is 43.3. The minimum Gasteiger partial charge on any atom is -0.510 e. The van der Waals surface area contributed by atoms with Crippen LogP contribution in [0.3, 0.4) is 0 Å². The summed E-state index contributed by atoms with van der Waals surface area (Å²) in [4.78, 5) is 4.86. The minimum absolute atomic E-state index is 0. The molecule has 0 aliphatic rings. The Balaban J connectivity index is 0.00000498. The SMILES string of the molecule is CC(C)(C)c1ccnc(-n2c3[c-]c(Oc4[c-]c(-n5[c-][n+](-c6ccccc6[Si](c6ccccc6)(c6ccccc6)c6ccccc6)c6ccccc65)ccc4)ccc3c3ccccc32)c1.[Pt]. The number of para-hydroxylation sites is 4. The Morgan fingerprint density at radius 1 is 0.554 bits per heavy atom. The molecule has 3 aromatic heterocycles. The molecule has 0 amide bonds. The van der Waals surface area contributed by atoms with Gasteiger partial charge in [-0.2, -0.15) is 18.2 Å². The molecule has 0 aliphatic carbocycles. The Kier molecular flexibility index (Phi) is 11.0. The van der Waals surface area contributed by atoms with Gasteiger partial charge in [0.05, 0.1) is 16.7 Å². The summed E-state index contributed by atoms with van der Waals surface area (Å²) in [6.45, 7) is 6.68. The van der Waals surface area contributed by atoms with E-state index >= 15 is 0 Å². The van der Waals surface area contributed by atoms with Gasteiger partial charge in [-0.25, -0.2) is 4.98 Å². The van der Waals surface area contributed by atoms with E-state index in [1.54, 1.807) is 0 Å². The van der Waals surface area contributed by atoms with Crippen molar-refractivity contribution in [2.24, 2.45) is 0 Å². The molecule has 0 saturated heterocycles. The van der Waals surface area contributed by atoms with E-state index in [4.69, 9.17) is 9.72 Å². The summed E-state index contributed by atoms with van der Waals surface area (Å²) in [6, 6.07) is 80.6. The molecule has 0 radical (unpaired) electrons. The van der Waals surface area contributed by atoms with Gasteiger partial charge in [0.25, 0.3) is 6.33 Å². The van der Waals surface area contributed by atoms with E-state index in [1.165, 1.54) is 26.3 Å². The molecular weight excluding hydrogens is 992 g/mol. The third-order valence-electron chi connectivity index (χ3n) is 12.3. The maximum absolute atomic E-state index is 6.65. The normalized spacial score (nSPS) is 11.8. The van der Waals surface area contributed by atoms with Crippen molar-refractivity contribution in [1.82, 2.24) is 14.1 Å². The van der Waals surface area contributed by atoms with Gasteiger partial charge in [-0.15, -0.1) is 29.7 Å². The molecule has 11 rings (SSSR count). The molecule has 0 fully saturated rings. The molecular formula is C58H44N4OPtSi-2. The van der Waals surface area contributed by atoms with Crippen molar-refractivity contribution in [2.45, 2.75) is 26.2 Å². The van der Waals surface area contributed by atoms with Crippen molar-refractivity contribution >= 4 is 61.7 Å². The topological polar surface area (TPSA) is 35.9 Å². The van der Waals surface area contributed by atoms with Crippen LogP contribution in [-0.2, 0) is 26.5 Å². The zero-order valence-corrected chi connectivity index (χ0v) is 39.5. The fourth-order valence-corrected chi connectivity index (χ4v) is 14.3. The Labute approximate surface area is 395 Å². The number of hydrogen-bond donors (Lipinski definition) is 0. The van der Waals surface area contributed by atoms with Crippen molar-refractivity contribution in [2.75, 3.05) is 0 Å². The van der Waals surface area contributed by atoms with E-state index in [0.717, 1.165) is 50.0 Å². The summed E-state index contributed by atoms with van der Waals surface area (Å²) in [7, 11) is -2.89. The van der Waals surface area contributed by atoms with Gasteiger partial charge in [0.15, 0.2) is 8.07 Å². The molecule has 0 unspecified atom stereocenters. The number of hydrogen-bond acceptors (Lipinski definition) is 2. The number of imidazole rings is 1. The number of nitrogens with zero attached hydrogens (tertiary/aromatic N) is 4. The van der Waals surface area contributed by atoms with E-state index in [1.807, 2.05) is 24.4 Å². The van der Waals surface area contributed by atoms with Crippen molar-refractivity contribution in [3.05, 3.63) is 236 Å². The van der Waals surface area contributed by atoms with Crippen LogP contribution in [0.4, 0.5) is 0 Å². The van der Waals surface area contributed by atoms with Gasteiger partial charge in [-0.3, -0.25) is 4.57 Å². The number of benzene rings is 8. The third kappa shape index (κ3) is 7.33. The molecule has 0 bridgehead atoms. The van der Waals surface area contributed by atoms with Gasteiger partial charge >= 0.3 is 0 Å². The van der Waals surface area contributed by atoms with Crippen LogP contribution in [0.5, 0.6) is 11.5 Å². The molecule has 65 heavy (non-hydrogen) atoms. The second kappa shape index (κ2) is 17.1. The molecule has 7 heteroatoms. The summed E-state index contributed by atoms with van der Waals surface area (Å²) in [6.07, 6.45) is 5.71. The van der Waals surface area contributed by atoms with E-state index in [-0.39, 0.29) is 26.5 Å². The van der Waals surface area contributed by atoms with Crippen molar-refractivity contribution in [3.63, 3.8) is 0 Å². The largest absolute Gasteiger partial charge is 0.510 e. The van der Waals surface area contributed by atoms with E-state index in [2.05, 4.69) is 241 Å². The average molecular weight is 1040 g/mol. The number of pyridine rings is 1. The van der Waals surface area contributed by atoms with Crippen LogP contribution in [0.25, 0.3) is 50.0 Å². The van der Waals surface area contributed by atoms with Crippen molar-refractivity contribution < 1.29 is 30.4 Å². The molecule has 8 aromatic carbocycles. The number of aromatic nitrogens is 4. The number of rotatable bonds is 9. The second-order valence-electron chi connectivity index (χ2n) is 17.2. The zero-order valence-electron chi connectivity index (χ0n) is 36.2. The summed E-state index contributed by atoms with van der Waals surface area (Å²) < 4.78 is 13.2. The Hall–Kier alpha value is -7.11. The summed E-state index contributed by atoms with van der Waals surface area (Å²) in [5.74, 6) is 2.01. The fraction of sp³-hybridized carbons (Fsp3) is 0.0690. The van der Waals surface area contributed by atoms with E-state index in [0.29, 0.717) is 11.5 Å². The fourth-order valence-electron chi connectivity index (χ4n) is 9.36. The van der Waals surface area contributed by atoms with E-state index in [9.17, 15) is 0 Å². The first kappa shape index (κ1) is 41.9. The Morgan fingerprint density at radius 3 is 1.85 bits per heavy atom. The number of ether oxygens (including phenoxy) is 1. The van der Waals surface area contributed by atoms with Gasteiger partial charge in [0.2, 0.25) is 0 Å². The van der Waals surface area contributed by atoms with Crippen molar-refractivity contribution in [3.8, 4) is 28.7 Å². The molecule has 5 nitrogen and oxygen atoms in total.